The van der Waals surface area contributed by atoms with Crippen LogP contribution in [0.2, 0.25) is 5.02 Å². The molecule has 1 N–H and O–H groups in total. The molecule has 0 bridgehead atoms. The first-order chi connectivity index (χ1) is 9.99. The number of carbonyl (C=O) groups is 1. The Labute approximate surface area is 130 Å². The van der Waals surface area contributed by atoms with E-state index in [2.05, 4.69) is 24.1 Å². The summed E-state index contributed by atoms with van der Waals surface area (Å²) in [5, 5.41) is 2.97. The molecular formula is C16H22ClFN2O. The summed E-state index contributed by atoms with van der Waals surface area (Å²) in [5.74, 6) is -0.595. The van der Waals surface area contributed by atoms with Crippen LogP contribution in [0.3, 0.4) is 0 Å². The summed E-state index contributed by atoms with van der Waals surface area (Å²) >= 11 is 5.90. The van der Waals surface area contributed by atoms with Crippen LogP contribution in [0.25, 0.3) is 0 Å². The quantitative estimate of drug-likeness (QED) is 0.925. The molecule has 0 radical (unpaired) electrons. The number of halogens is 2. The summed E-state index contributed by atoms with van der Waals surface area (Å²) in [5.41, 5.74) is -0.0595. The van der Waals surface area contributed by atoms with Crippen LogP contribution in [0, 0.1) is 11.7 Å². The van der Waals surface area contributed by atoms with Gasteiger partial charge in [-0.15, -0.1) is 0 Å². The minimum Gasteiger partial charge on any atom is -0.352 e. The zero-order chi connectivity index (χ0) is 15.4. The Balaban J connectivity index is 1.92. The molecule has 2 rings (SSSR count). The van der Waals surface area contributed by atoms with Gasteiger partial charge in [0.2, 0.25) is 0 Å². The van der Waals surface area contributed by atoms with E-state index in [4.69, 9.17) is 11.6 Å². The molecule has 0 saturated carbocycles. The Kier molecular flexibility index (Phi) is 5.59. The monoisotopic (exact) mass is 312 g/mol. The van der Waals surface area contributed by atoms with Crippen LogP contribution in [0.4, 0.5) is 4.39 Å². The van der Waals surface area contributed by atoms with Crippen LogP contribution in [-0.4, -0.2) is 36.5 Å². The molecular weight excluding hydrogens is 291 g/mol. The number of nitrogens with one attached hydrogen (secondary N) is 1. The molecule has 0 aliphatic carbocycles. The topological polar surface area (TPSA) is 32.3 Å². The molecule has 0 aromatic heterocycles. The van der Waals surface area contributed by atoms with Gasteiger partial charge in [0.1, 0.15) is 5.82 Å². The maximum absolute atomic E-state index is 13.7. The summed E-state index contributed by atoms with van der Waals surface area (Å²) in [4.78, 5) is 14.5. The fourth-order valence-electron chi connectivity index (χ4n) is 2.77. The van der Waals surface area contributed by atoms with Gasteiger partial charge in [0.05, 0.1) is 10.6 Å². The average molecular weight is 313 g/mol. The highest BCUT2D eigenvalue weighted by Crippen LogP contribution is 2.20. The number of nitrogens with zero attached hydrogens (tertiary/aromatic N) is 1. The molecule has 3 nitrogen and oxygen atoms in total. The highest BCUT2D eigenvalue weighted by Gasteiger charge is 2.23. The van der Waals surface area contributed by atoms with E-state index >= 15 is 0 Å². The van der Waals surface area contributed by atoms with E-state index in [0.29, 0.717) is 18.5 Å². The van der Waals surface area contributed by atoms with Crippen molar-refractivity contribution in [3.05, 3.63) is 34.6 Å². The van der Waals surface area contributed by atoms with Crippen molar-refractivity contribution in [3.8, 4) is 0 Å². The van der Waals surface area contributed by atoms with Crippen LogP contribution in [-0.2, 0) is 0 Å². The molecule has 1 aliphatic heterocycles. The van der Waals surface area contributed by atoms with Gasteiger partial charge in [0.15, 0.2) is 0 Å². The molecule has 0 unspecified atom stereocenters. The van der Waals surface area contributed by atoms with Crippen molar-refractivity contribution in [2.45, 2.75) is 32.7 Å². The molecule has 1 fully saturated rings. The van der Waals surface area contributed by atoms with Gasteiger partial charge < -0.3 is 10.2 Å². The molecule has 1 amide bonds. The van der Waals surface area contributed by atoms with E-state index in [1.54, 1.807) is 0 Å². The molecule has 0 spiro atoms. The molecule has 1 aromatic carbocycles. The van der Waals surface area contributed by atoms with Crippen LogP contribution < -0.4 is 5.32 Å². The van der Waals surface area contributed by atoms with Gasteiger partial charge in [-0.3, -0.25) is 4.79 Å². The third-order valence-corrected chi connectivity index (χ3v) is 4.34. The Morgan fingerprint density at radius 3 is 2.95 bits per heavy atom. The van der Waals surface area contributed by atoms with Crippen molar-refractivity contribution in [2.75, 3.05) is 19.6 Å². The molecule has 21 heavy (non-hydrogen) atoms. The van der Waals surface area contributed by atoms with Crippen molar-refractivity contribution in [1.82, 2.24) is 10.2 Å². The van der Waals surface area contributed by atoms with Gasteiger partial charge in [-0.05, 0) is 51.3 Å². The lowest BCUT2D eigenvalue weighted by Gasteiger charge is -2.35. The predicted molar refractivity (Wildman–Crippen MR) is 83.2 cm³/mol. The third-order valence-electron chi connectivity index (χ3n) is 4.02. The average Bonchev–Trinajstić information content (AvgIpc) is 2.45. The summed E-state index contributed by atoms with van der Waals surface area (Å²) < 4.78 is 13.7. The number of hydrogen-bond donors (Lipinski definition) is 1. The number of benzene rings is 1. The van der Waals surface area contributed by atoms with E-state index in [9.17, 15) is 9.18 Å². The lowest BCUT2D eigenvalue weighted by atomic mass is 9.97. The van der Waals surface area contributed by atoms with Gasteiger partial charge in [-0.1, -0.05) is 17.7 Å². The van der Waals surface area contributed by atoms with Crippen LogP contribution in [0.15, 0.2) is 18.2 Å². The number of likely N-dealkylation sites (tertiary alicyclic amines) is 1. The number of rotatable bonds is 4. The fraction of sp³-hybridized carbons (Fsp3) is 0.562. The van der Waals surface area contributed by atoms with Crippen molar-refractivity contribution >= 4 is 17.5 Å². The highest BCUT2D eigenvalue weighted by molar-refractivity contribution is 6.33. The standard InChI is InChI=1S/C16H22ClFN2O/c1-11(2)20-8-4-5-12(10-20)9-19-16(21)15-13(17)6-3-7-14(15)18/h3,6-7,11-12H,4-5,8-10H2,1-2H3,(H,19,21)/t12-/m0/s1. The van der Waals surface area contributed by atoms with Crippen molar-refractivity contribution < 1.29 is 9.18 Å². The molecule has 1 aliphatic rings. The maximum Gasteiger partial charge on any atom is 0.255 e. The van der Waals surface area contributed by atoms with Gasteiger partial charge in [-0.25, -0.2) is 4.39 Å². The summed E-state index contributed by atoms with van der Waals surface area (Å²) in [7, 11) is 0. The first kappa shape index (κ1) is 16.2. The number of hydrogen-bond acceptors (Lipinski definition) is 2. The zero-order valence-electron chi connectivity index (χ0n) is 12.5. The minimum absolute atomic E-state index is 0.0595. The van der Waals surface area contributed by atoms with E-state index in [1.807, 2.05) is 0 Å². The molecule has 116 valence electrons. The van der Waals surface area contributed by atoms with Crippen LogP contribution in [0.1, 0.15) is 37.0 Å². The van der Waals surface area contributed by atoms with Gasteiger partial charge in [0, 0.05) is 19.1 Å². The van der Waals surface area contributed by atoms with E-state index < -0.39 is 11.7 Å². The lowest BCUT2D eigenvalue weighted by molar-refractivity contribution is 0.0919. The van der Waals surface area contributed by atoms with Crippen molar-refractivity contribution in [3.63, 3.8) is 0 Å². The summed E-state index contributed by atoms with van der Waals surface area (Å²) in [6, 6.07) is 4.79. The van der Waals surface area contributed by atoms with E-state index in [0.717, 1.165) is 25.9 Å². The summed E-state index contributed by atoms with van der Waals surface area (Å²) in [6.45, 7) is 7.01. The smallest absolute Gasteiger partial charge is 0.255 e. The van der Waals surface area contributed by atoms with E-state index in [1.165, 1.54) is 18.2 Å². The first-order valence-corrected chi connectivity index (χ1v) is 7.83. The summed E-state index contributed by atoms with van der Waals surface area (Å²) in [6.07, 6.45) is 2.23. The van der Waals surface area contributed by atoms with Crippen LogP contribution >= 0.6 is 11.6 Å². The Hall–Kier alpha value is -1.13. The minimum atomic E-state index is -0.576. The molecule has 1 heterocycles. The van der Waals surface area contributed by atoms with E-state index in [-0.39, 0.29) is 10.6 Å². The second-order valence-corrected chi connectivity index (χ2v) is 6.31. The molecule has 1 atom stereocenters. The predicted octanol–water partition coefficient (Wildman–Crippen LogP) is 3.33. The number of piperidine rings is 1. The first-order valence-electron chi connectivity index (χ1n) is 7.45. The number of carbonyl (C=O) groups excluding carboxylic acids is 1. The number of amides is 1. The molecule has 1 aromatic rings. The SMILES string of the molecule is CC(C)N1CCC[C@@H](CNC(=O)c2c(F)cccc2Cl)C1. The second-order valence-electron chi connectivity index (χ2n) is 5.90. The molecule has 1 saturated heterocycles. The van der Waals surface area contributed by atoms with Gasteiger partial charge in [0.25, 0.3) is 5.91 Å². The van der Waals surface area contributed by atoms with Crippen molar-refractivity contribution in [2.24, 2.45) is 5.92 Å². The second kappa shape index (κ2) is 7.23. The van der Waals surface area contributed by atoms with Crippen LogP contribution in [0.5, 0.6) is 0 Å². The Bertz CT molecular complexity index is 487. The maximum atomic E-state index is 13.7. The van der Waals surface area contributed by atoms with Crippen molar-refractivity contribution in [1.29, 1.82) is 0 Å². The Morgan fingerprint density at radius 2 is 2.29 bits per heavy atom. The molecule has 5 heteroatoms. The van der Waals surface area contributed by atoms with Gasteiger partial charge in [-0.2, -0.15) is 0 Å². The zero-order valence-corrected chi connectivity index (χ0v) is 13.3. The highest BCUT2D eigenvalue weighted by atomic mass is 35.5. The fourth-order valence-corrected chi connectivity index (χ4v) is 3.02. The van der Waals surface area contributed by atoms with Gasteiger partial charge >= 0.3 is 0 Å². The Morgan fingerprint density at radius 1 is 1.52 bits per heavy atom. The normalized spacial score (nSPS) is 19.8. The largest absolute Gasteiger partial charge is 0.352 e. The third kappa shape index (κ3) is 4.17. The lowest BCUT2D eigenvalue weighted by Crippen LogP contribution is -2.43.